The number of methoxy groups -OCH3 is 1. The molecule has 98 valence electrons. The number of carbonyl (C=O) groups excluding carboxylic acids is 1. The Kier molecular flexibility index (Phi) is 5.74. The van der Waals surface area contributed by atoms with Crippen LogP contribution in [0.15, 0.2) is 24.3 Å². The number of hydrogen-bond donors (Lipinski definition) is 2. The van der Waals surface area contributed by atoms with E-state index in [1.807, 2.05) is 6.92 Å². The molecule has 0 bridgehead atoms. The number of ether oxygens (including phenoxy) is 1. The van der Waals surface area contributed by atoms with Gasteiger partial charge in [0.25, 0.3) is 0 Å². The zero-order valence-corrected chi connectivity index (χ0v) is 11.4. The number of amides is 1. The summed E-state index contributed by atoms with van der Waals surface area (Å²) in [5.74, 6) is -0.0259. The van der Waals surface area contributed by atoms with E-state index >= 15 is 0 Å². The van der Waals surface area contributed by atoms with Gasteiger partial charge in [0.05, 0.1) is 6.10 Å². The Hall–Kier alpha value is -1.46. The van der Waals surface area contributed by atoms with E-state index in [-0.39, 0.29) is 12.0 Å². The van der Waals surface area contributed by atoms with Crippen LogP contribution in [0.1, 0.15) is 25.3 Å². The summed E-state index contributed by atoms with van der Waals surface area (Å²) in [6, 6.07) is 7.14. The molecular formula is C13H18N2O2S. The van der Waals surface area contributed by atoms with Crippen LogP contribution in [0.4, 0.5) is 5.69 Å². The van der Waals surface area contributed by atoms with E-state index in [1.54, 1.807) is 31.4 Å². The lowest BCUT2D eigenvalue weighted by molar-refractivity contribution is -0.116. The number of nitrogens with one attached hydrogen (secondary N) is 1. The smallest absolute Gasteiger partial charge is 0.224 e. The van der Waals surface area contributed by atoms with E-state index in [0.717, 1.165) is 11.3 Å². The summed E-state index contributed by atoms with van der Waals surface area (Å²) < 4.78 is 5.08. The van der Waals surface area contributed by atoms with Crippen LogP contribution in [-0.4, -0.2) is 24.1 Å². The normalized spacial score (nSPS) is 11.9. The second kappa shape index (κ2) is 7.08. The molecule has 0 heterocycles. The molecule has 18 heavy (non-hydrogen) atoms. The van der Waals surface area contributed by atoms with Crippen LogP contribution < -0.4 is 11.1 Å². The second-order valence-corrected chi connectivity index (χ2v) is 4.51. The molecule has 1 aromatic carbocycles. The minimum atomic E-state index is -0.0259. The van der Waals surface area contributed by atoms with Crippen molar-refractivity contribution in [2.45, 2.75) is 25.9 Å². The molecule has 0 spiro atoms. The van der Waals surface area contributed by atoms with Gasteiger partial charge in [0.2, 0.25) is 5.91 Å². The summed E-state index contributed by atoms with van der Waals surface area (Å²) in [7, 11) is 1.64. The fourth-order valence-electron chi connectivity index (χ4n) is 1.39. The molecule has 0 aliphatic heterocycles. The van der Waals surface area contributed by atoms with Gasteiger partial charge < -0.3 is 15.8 Å². The third-order valence-electron chi connectivity index (χ3n) is 2.63. The van der Waals surface area contributed by atoms with Crippen molar-refractivity contribution in [3.05, 3.63) is 29.8 Å². The average molecular weight is 266 g/mol. The maximum absolute atomic E-state index is 11.6. The third-order valence-corrected chi connectivity index (χ3v) is 2.87. The number of thiocarbonyl (C=S) groups is 1. The molecule has 1 atom stereocenters. The Labute approximate surface area is 113 Å². The maximum atomic E-state index is 11.6. The molecular weight excluding hydrogens is 248 g/mol. The predicted octanol–water partition coefficient (Wildman–Crippen LogP) is 2.07. The molecule has 0 aliphatic carbocycles. The number of anilines is 1. The first-order valence-electron chi connectivity index (χ1n) is 5.75. The van der Waals surface area contributed by atoms with Gasteiger partial charge in [-0.25, -0.2) is 0 Å². The van der Waals surface area contributed by atoms with Gasteiger partial charge in [-0.1, -0.05) is 12.2 Å². The first-order chi connectivity index (χ1) is 8.52. The van der Waals surface area contributed by atoms with Gasteiger partial charge in [-0.2, -0.15) is 0 Å². The molecule has 0 saturated carbocycles. The summed E-state index contributed by atoms with van der Waals surface area (Å²) in [5.41, 5.74) is 7.02. The van der Waals surface area contributed by atoms with E-state index < -0.39 is 0 Å². The Balaban J connectivity index is 2.47. The van der Waals surface area contributed by atoms with Crippen molar-refractivity contribution in [1.29, 1.82) is 0 Å². The van der Waals surface area contributed by atoms with Gasteiger partial charge in [0.15, 0.2) is 0 Å². The molecule has 1 unspecified atom stereocenters. The number of nitrogens with two attached hydrogens (primary N) is 1. The van der Waals surface area contributed by atoms with E-state index in [9.17, 15) is 4.79 Å². The predicted molar refractivity (Wildman–Crippen MR) is 76.7 cm³/mol. The van der Waals surface area contributed by atoms with Crippen molar-refractivity contribution < 1.29 is 9.53 Å². The first kappa shape index (κ1) is 14.6. The van der Waals surface area contributed by atoms with Crippen molar-refractivity contribution in [1.82, 2.24) is 0 Å². The third kappa shape index (κ3) is 4.81. The monoisotopic (exact) mass is 266 g/mol. The zero-order valence-electron chi connectivity index (χ0n) is 10.6. The highest BCUT2D eigenvalue weighted by Gasteiger charge is 2.06. The van der Waals surface area contributed by atoms with E-state index in [1.165, 1.54) is 0 Å². The molecule has 0 saturated heterocycles. The number of benzene rings is 1. The van der Waals surface area contributed by atoms with Crippen LogP contribution in [0.5, 0.6) is 0 Å². The van der Waals surface area contributed by atoms with Gasteiger partial charge in [0, 0.05) is 24.8 Å². The quantitative estimate of drug-likeness (QED) is 0.774. The summed E-state index contributed by atoms with van der Waals surface area (Å²) >= 11 is 4.85. The molecule has 0 fully saturated rings. The topological polar surface area (TPSA) is 64.3 Å². The molecule has 1 rings (SSSR count). The van der Waals surface area contributed by atoms with Gasteiger partial charge in [-0.15, -0.1) is 0 Å². The molecule has 1 aromatic rings. The van der Waals surface area contributed by atoms with E-state index in [2.05, 4.69) is 5.32 Å². The van der Waals surface area contributed by atoms with Crippen LogP contribution in [0.2, 0.25) is 0 Å². The van der Waals surface area contributed by atoms with E-state index in [0.29, 0.717) is 17.8 Å². The van der Waals surface area contributed by atoms with Crippen LogP contribution in [0.25, 0.3) is 0 Å². The van der Waals surface area contributed by atoms with Crippen LogP contribution in [0.3, 0.4) is 0 Å². The molecule has 3 N–H and O–H groups in total. The Morgan fingerprint density at radius 1 is 1.44 bits per heavy atom. The minimum absolute atomic E-state index is 0.0259. The highest BCUT2D eigenvalue weighted by Crippen LogP contribution is 2.10. The van der Waals surface area contributed by atoms with Crippen LogP contribution in [-0.2, 0) is 9.53 Å². The van der Waals surface area contributed by atoms with Gasteiger partial charge in [-0.3, -0.25) is 4.79 Å². The highest BCUT2D eigenvalue weighted by molar-refractivity contribution is 7.80. The number of rotatable bonds is 6. The average Bonchev–Trinajstić information content (AvgIpc) is 2.36. The Morgan fingerprint density at radius 3 is 2.56 bits per heavy atom. The molecule has 1 amide bonds. The lowest BCUT2D eigenvalue weighted by atomic mass is 10.2. The van der Waals surface area contributed by atoms with Gasteiger partial charge >= 0.3 is 0 Å². The second-order valence-electron chi connectivity index (χ2n) is 4.07. The summed E-state index contributed by atoms with van der Waals surface area (Å²) in [5, 5.41) is 2.81. The highest BCUT2D eigenvalue weighted by atomic mass is 32.1. The van der Waals surface area contributed by atoms with Crippen molar-refractivity contribution in [2.75, 3.05) is 12.4 Å². The summed E-state index contributed by atoms with van der Waals surface area (Å²) in [4.78, 5) is 12.0. The first-order valence-corrected chi connectivity index (χ1v) is 6.16. The summed E-state index contributed by atoms with van der Waals surface area (Å²) in [6.07, 6.45) is 1.23. The molecule has 5 heteroatoms. The lowest BCUT2D eigenvalue weighted by Crippen LogP contribution is -2.15. The van der Waals surface area contributed by atoms with Crippen LogP contribution >= 0.6 is 12.2 Å². The minimum Gasteiger partial charge on any atom is -0.389 e. The van der Waals surface area contributed by atoms with Gasteiger partial charge in [-0.05, 0) is 37.6 Å². The molecule has 0 aromatic heterocycles. The van der Waals surface area contributed by atoms with Crippen LogP contribution in [0, 0.1) is 0 Å². The van der Waals surface area contributed by atoms with Crippen molar-refractivity contribution in [3.63, 3.8) is 0 Å². The largest absolute Gasteiger partial charge is 0.389 e. The van der Waals surface area contributed by atoms with Gasteiger partial charge in [0.1, 0.15) is 4.99 Å². The fraction of sp³-hybridized carbons (Fsp3) is 0.385. The zero-order chi connectivity index (χ0) is 13.5. The Morgan fingerprint density at radius 2 is 2.06 bits per heavy atom. The standard InChI is InChI=1S/C13H18N2O2S/c1-9(17-2)3-8-12(16)15-11-6-4-10(5-7-11)13(14)18/h4-7,9H,3,8H2,1-2H3,(H2,14,18)(H,15,16). The fourth-order valence-corrected chi connectivity index (χ4v) is 1.53. The molecule has 0 aliphatic rings. The maximum Gasteiger partial charge on any atom is 0.224 e. The van der Waals surface area contributed by atoms with E-state index in [4.69, 9.17) is 22.7 Å². The van der Waals surface area contributed by atoms with Crippen molar-refractivity contribution in [3.8, 4) is 0 Å². The van der Waals surface area contributed by atoms with Crippen molar-refractivity contribution in [2.24, 2.45) is 5.73 Å². The lowest BCUT2D eigenvalue weighted by Gasteiger charge is -2.09. The number of carbonyl (C=O) groups is 1. The van der Waals surface area contributed by atoms with Crippen molar-refractivity contribution >= 4 is 28.8 Å². The number of hydrogen-bond acceptors (Lipinski definition) is 3. The Bertz CT molecular complexity index is 418. The molecule has 4 nitrogen and oxygen atoms in total. The SMILES string of the molecule is COC(C)CCC(=O)Nc1ccc(C(N)=S)cc1. The summed E-state index contributed by atoms with van der Waals surface area (Å²) in [6.45, 7) is 1.93. The molecule has 0 radical (unpaired) electrons.